The number of carbonyl (C=O) groups is 2. The maximum Gasteiger partial charge on any atom is 0.336 e. The van der Waals surface area contributed by atoms with Crippen LogP contribution >= 0.6 is 15.9 Å². The summed E-state index contributed by atoms with van der Waals surface area (Å²) in [4.78, 5) is 27.5. The molecule has 0 radical (unpaired) electrons. The van der Waals surface area contributed by atoms with Crippen molar-refractivity contribution < 1.29 is 33.6 Å². The molecule has 9 heteroatoms. The predicted octanol–water partition coefficient (Wildman–Crippen LogP) is 5.26. The summed E-state index contributed by atoms with van der Waals surface area (Å²) >= 11 is 3.40. The van der Waals surface area contributed by atoms with Crippen molar-refractivity contribution in [3.8, 4) is 17.2 Å². The first-order chi connectivity index (χ1) is 18.8. The fourth-order valence-electron chi connectivity index (χ4n) is 5.80. The smallest absolute Gasteiger partial charge is 0.336 e. The zero-order valence-electron chi connectivity index (χ0n) is 22.2. The number of hydrogen-bond donors (Lipinski definition) is 2. The van der Waals surface area contributed by atoms with E-state index in [1.807, 2.05) is 31.2 Å². The Balaban J connectivity index is 1.57. The van der Waals surface area contributed by atoms with Crippen LogP contribution < -0.4 is 14.8 Å². The van der Waals surface area contributed by atoms with Gasteiger partial charge in [0.25, 0.3) is 0 Å². The maximum atomic E-state index is 13.9. The van der Waals surface area contributed by atoms with Crippen LogP contribution in [0.4, 0.5) is 0 Å². The molecule has 5 rings (SSSR count). The van der Waals surface area contributed by atoms with Crippen molar-refractivity contribution in [2.75, 3.05) is 27.4 Å². The van der Waals surface area contributed by atoms with Crippen molar-refractivity contribution in [1.82, 2.24) is 5.32 Å². The summed E-state index contributed by atoms with van der Waals surface area (Å²) in [5.74, 6) is -0.430. The summed E-state index contributed by atoms with van der Waals surface area (Å²) in [6.45, 7) is 2.64. The molecule has 0 unspecified atom stereocenters. The Labute approximate surface area is 236 Å². The van der Waals surface area contributed by atoms with E-state index in [-0.39, 0.29) is 42.3 Å². The van der Waals surface area contributed by atoms with Gasteiger partial charge in [0.1, 0.15) is 12.4 Å². The molecule has 0 bridgehead atoms. The first kappa shape index (κ1) is 27.3. The summed E-state index contributed by atoms with van der Waals surface area (Å²) in [5.41, 5.74) is 3.87. The Hall–Kier alpha value is -3.30. The molecule has 2 N–H and O–H groups in total. The van der Waals surface area contributed by atoms with E-state index in [9.17, 15) is 14.7 Å². The quantitative estimate of drug-likeness (QED) is 0.417. The number of aromatic hydroxyl groups is 1. The number of ketones is 1. The van der Waals surface area contributed by atoms with E-state index in [1.165, 1.54) is 7.11 Å². The third-order valence-corrected chi connectivity index (χ3v) is 8.26. The third kappa shape index (κ3) is 5.30. The number of phenolic OH excluding ortho intramolecular Hbond substituents is 1. The number of hydrogen-bond acceptors (Lipinski definition) is 8. The highest BCUT2D eigenvalue weighted by molar-refractivity contribution is 9.10. The molecule has 1 saturated heterocycles. The number of dihydropyridines is 1. The molecule has 3 aliphatic rings. The number of ether oxygens (including phenoxy) is 4. The second-order valence-electron chi connectivity index (χ2n) is 10.0. The Kier molecular flexibility index (Phi) is 8.00. The predicted molar refractivity (Wildman–Crippen MR) is 148 cm³/mol. The Morgan fingerprint density at radius 1 is 1.15 bits per heavy atom. The number of nitrogens with one attached hydrogen (secondary N) is 1. The normalized spacial score (nSPS) is 22.9. The molecule has 0 saturated carbocycles. The van der Waals surface area contributed by atoms with Gasteiger partial charge < -0.3 is 29.4 Å². The maximum absolute atomic E-state index is 13.9. The highest BCUT2D eigenvalue weighted by Gasteiger charge is 2.42. The van der Waals surface area contributed by atoms with Gasteiger partial charge in [0.2, 0.25) is 0 Å². The average molecular weight is 598 g/mol. The van der Waals surface area contributed by atoms with Gasteiger partial charge in [-0.15, -0.1) is 0 Å². The zero-order valence-corrected chi connectivity index (χ0v) is 23.8. The number of para-hydroxylation sites is 1. The van der Waals surface area contributed by atoms with E-state index < -0.39 is 11.9 Å². The van der Waals surface area contributed by atoms with E-state index in [0.29, 0.717) is 39.9 Å². The minimum Gasteiger partial charge on any atom is -0.503 e. The van der Waals surface area contributed by atoms with Gasteiger partial charge in [-0.3, -0.25) is 4.79 Å². The van der Waals surface area contributed by atoms with Crippen molar-refractivity contribution in [2.45, 2.75) is 50.5 Å². The van der Waals surface area contributed by atoms with Crippen LogP contribution in [0.2, 0.25) is 0 Å². The van der Waals surface area contributed by atoms with Gasteiger partial charge in [-0.1, -0.05) is 18.2 Å². The molecule has 3 atom stereocenters. The molecule has 0 aromatic heterocycles. The summed E-state index contributed by atoms with van der Waals surface area (Å²) in [7, 11) is 3.08. The van der Waals surface area contributed by atoms with E-state index in [4.69, 9.17) is 18.9 Å². The monoisotopic (exact) mass is 597 g/mol. The van der Waals surface area contributed by atoms with Gasteiger partial charge in [-0.25, -0.2) is 4.79 Å². The second-order valence-corrected chi connectivity index (χ2v) is 10.9. The van der Waals surface area contributed by atoms with Crippen LogP contribution in [-0.4, -0.2) is 50.4 Å². The van der Waals surface area contributed by atoms with Crippen molar-refractivity contribution in [2.24, 2.45) is 0 Å². The fourth-order valence-corrected chi connectivity index (χ4v) is 6.26. The second kappa shape index (κ2) is 11.4. The molecule has 206 valence electrons. The number of rotatable bonds is 7. The van der Waals surface area contributed by atoms with Gasteiger partial charge in [0.15, 0.2) is 17.3 Å². The number of esters is 1. The van der Waals surface area contributed by atoms with Crippen LogP contribution in [0.1, 0.15) is 55.6 Å². The van der Waals surface area contributed by atoms with Crippen LogP contribution in [0, 0.1) is 0 Å². The molecular weight excluding hydrogens is 566 g/mol. The van der Waals surface area contributed by atoms with E-state index in [1.54, 1.807) is 19.2 Å². The molecule has 0 spiro atoms. The lowest BCUT2D eigenvalue weighted by Crippen LogP contribution is -2.36. The van der Waals surface area contributed by atoms with Crippen LogP contribution in [0.15, 0.2) is 63.4 Å². The molecule has 2 aromatic carbocycles. The molecule has 1 aliphatic carbocycles. The van der Waals surface area contributed by atoms with E-state index in [0.717, 1.165) is 29.9 Å². The number of carbonyl (C=O) groups excluding carboxylic acids is 2. The first-order valence-electron chi connectivity index (χ1n) is 13.0. The highest BCUT2D eigenvalue weighted by atomic mass is 79.9. The van der Waals surface area contributed by atoms with Gasteiger partial charge in [0, 0.05) is 41.8 Å². The van der Waals surface area contributed by atoms with Crippen molar-refractivity contribution in [1.29, 1.82) is 0 Å². The molecular formula is C30H32BrNO7. The molecule has 0 amide bonds. The Morgan fingerprint density at radius 2 is 1.92 bits per heavy atom. The van der Waals surface area contributed by atoms with Gasteiger partial charge >= 0.3 is 5.97 Å². The average Bonchev–Trinajstić information content (AvgIpc) is 3.46. The number of Topliss-reactive ketones (excluding diaryl/α,β-unsaturated/α-hetero) is 1. The van der Waals surface area contributed by atoms with Crippen LogP contribution in [0.3, 0.4) is 0 Å². The third-order valence-electron chi connectivity index (χ3n) is 7.65. The number of phenols is 1. The zero-order chi connectivity index (χ0) is 27.7. The lowest BCUT2D eigenvalue weighted by Gasteiger charge is -2.37. The Bertz CT molecular complexity index is 1360. The fraction of sp³-hybridized carbons (Fsp3) is 0.400. The summed E-state index contributed by atoms with van der Waals surface area (Å²) in [6.07, 6.45) is 2.50. The molecule has 2 aliphatic heterocycles. The summed E-state index contributed by atoms with van der Waals surface area (Å²) in [6, 6.07) is 11.1. The number of halogens is 1. The van der Waals surface area contributed by atoms with E-state index in [2.05, 4.69) is 21.2 Å². The number of allylic oxidation sites excluding steroid dienone is 3. The summed E-state index contributed by atoms with van der Waals surface area (Å²) in [5, 5.41) is 13.8. The van der Waals surface area contributed by atoms with Gasteiger partial charge in [-0.2, -0.15) is 0 Å². The van der Waals surface area contributed by atoms with Crippen LogP contribution in [0.5, 0.6) is 17.2 Å². The standard InChI is InChI=1S/C30H32BrNO7/c1-16-26(30(35)39-15-19-7-6-10-38-19)27(18-11-21(31)29(34)25(14-18)37-3)28-22(32-16)12-17(13-23(28)33)20-8-4-5-9-24(20)36-2/h4-5,8-9,11,14,17,19,27,32,34H,6-7,10,12-13,15H2,1-3H3/t17-,19+,27+/m0/s1. The first-order valence-corrected chi connectivity index (χ1v) is 13.8. The van der Waals surface area contributed by atoms with E-state index >= 15 is 0 Å². The summed E-state index contributed by atoms with van der Waals surface area (Å²) < 4.78 is 22.7. The highest BCUT2D eigenvalue weighted by Crippen LogP contribution is 2.49. The van der Waals surface area contributed by atoms with Gasteiger partial charge in [0.05, 0.1) is 30.4 Å². The number of methoxy groups -OCH3 is 2. The van der Waals surface area contributed by atoms with Crippen molar-refractivity contribution in [3.63, 3.8) is 0 Å². The molecule has 2 heterocycles. The minimum absolute atomic E-state index is 0.0567. The van der Waals surface area contributed by atoms with Gasteiger partial charge in [-0.05, 0) is 71.4 Å². The molecule has 39 heavy (non-hydrogen) atoms. The Morgan fingerprint density at radius 3 is 2.64 bits per heavy atom. The molecule has 2 aromatic rings. The van der Waals surface area contributed by atoms with Crippen molar-refractivity contribution in [3.05, 3.63) is 74.5 Å². The lowest BCUT2D eigenvalue weighted by atomic mass is 9.71. The minimum atomic E-state index is -0.699. The lowest BCUT2D eigenvalue weighted by molar-refractivity contribution is -0.142. The van der Waals surface area contributed by atoms with Crippen LogP contribution in [0.25, 0.3) is 0 Å². The largest absolute Gasteiger partial charge is 0.503 e. The molecule has 8 nitrogen and oxygen atoms in total. The van der Waals surface area contributed by atoms with Crippen LogP contribution in [-0.2, 0) is 19.1 Å². The molecule has 1 fully saturated rings. The SMILES string of the molecule is COc1ccccc1[C@@H]1CC(=O)C2=C(C1)NC(C)=C(C(=O)OC[C@H]1CCCO1)[C@H]2c1cc(Br)c(O)c(OC)c1. The van der Waals surface area contributed by atoms with Crippen molar-refractivity contribution >= 4 is 27.7 Å². The topological polar surface area (TPSA) is 103 Å². The number of benzene rings is 2.